The van der Waals surface area contributed by atoms with E-state index in [1.165, 1.54) is 28.2 Å². The summed E-state index contributed by atoms with van der Waals surface area (Å²) < 4.78 is 31.1. The Kier molecular flexibility index (Phi) is 5.43. The highest BCUT2D eigenvalue weighted by molar-refractivity contribution is 7.89. The number of pyridine rings is 1. The van der Waals surface area contributed by atoms with Crippen molar-refractivity contribution in [3.63, 3.8) is 0 Å². The van der Waals surface area contributed by atoms with Crippen molar-refractivity contribution in [2.24, 2.45) is 0 Å². The summed E-state index contributed by atoms with van der Waals surface area (Å²) in [7, 11) is -3.72. The van der Waals surface area contributed by atoms with Gasteiger partial charge in [-0.05, 0) is 55.0 Å². The van der Waals surface area contributed by atoms with Gasteiger partial charge in [0.25, 0.3) is 0 Å². The first-order valence-electron chi connectivity index (χ1n) is 12.0. The molecule has 0 bridgehead atoms. The van der Waals surface area contributed by atoms with Gasteiger partial charge >= 0.3 is 0 Å². The molecule has 5 aromatic rings. The standard InChI is InChI=1S/C29H27N3O2S/c1-21-11-15-26(16-12-21)35(33,34)31(19-22-7-3-2-4-8-22)20-25-18-29-27-10-6-5-9-24(27)17-28(23-13-14-23)32(29)30-25/h2-12,15-18,23H,13-14,19-20H2,1H3. The minimum Gasteiger partial charge on any atom is -0.237 e. The van der Waals surface area contributed by atoms with Crippen molar-refractivity contribution in [1.82, 2.24) is 13.9 Å². The third-order valence-corrected chi connectivity index (χ3v) is 8.55. The molecule has 176 valence electrons. The lowest BCUT2D eigenvalue weighted by atomic mass is 10.1. The fraction of sp³-hybridized carbons (Fsp3) is 0.207. The van der Waals surface area contributed by atoms with Gasteiger partial charge in [0.1, 0.15) is 0 Å². The number of aromatic nitrogens is 2. The molecule has 35 heavy (non-hydrogen) atoms. The van der Waals surface area contributed by atoms with Crippen LogP contribution in [0.4, 0.5) is 0 Å². The number of rotatable bonds is 7. The third kappa shape index (κ3) is 4.24. The average Bonchev–Trinajstić information content (AvgIpc) is 3.63. The predicted octanol–water partition coefficient (Wildman–Crippen LogP) is 6.06. The maximum atomic E-state index is 13.8. The van der Waals surface area contributed by atoms with Gasteiger partial charge in [0, 0.05) is 23.5 Å². The highest BCUT2D eigenvalue weighted by Gasteiger charge is 2.29. The Bertz CT molecular complexity index is 1620. The Labute approximate surface area is 205 Å². The second kappa shape index (κ2) is 8.63. The van der Waals surface area contributed by atoms with Crippen LogP contribution < -0.4 is 0 Å². The van der Waals surface area contributed by atoms with Crippen LogP contribution in [0, 0.1) is 6.92 Å². The zero-order valence-corrected chi connectivity index (χ0v) is 20.4. The molecule has 2 heterocycles. The molecule has 1 fully saturated rings. The smallest absolute Gasteiger partial charge is 0.237 e. The topological polar surface area (TPSA) is 54.7 Å². The van der Waals surface area contributed by atoms with Crippen molar-refractivity contribution in [1.29, 1.82) is 0 Å². The first-order valence-corrected chi connectivity index (χ1v) is 13.4. The highest BCUT2D eigenvalue weighted by Crippen LogP contribution is 2.41. The number of fused-ring (bicyclic) bond motifs is 3. The molecule has 0 aliphatic heterocycles. The molecule has 0 atom stereocenters. The number of hydrogen-bond donors (Lipinski definition) is 0. The number of hydrogen-bond acceptors (Lipinski definition) is 3. The van der Waals surface area contributed by atoms with Gasteiger partial charge in [-0.1, -0.05) is 72.3 Å². The van der Waals surface area contributed by atoms with Crippen molar-refractivity contribution in [2.45, 2.75) is 43.7 Å². The molecule has 0 unspecified atom stereocenters. The highest BCUT2D eigenvalue weighted by atomic mass is 32.2. The van der Waals surface area contributed by atoms with Crippen LogP contribution in [0.5, 0.6) is 0 Å². The lowest BCUT2D eigenvalue weighted by Crippen LogP contribution is -2.30. The van der Waals surface area contributed by atoms with Crippen molar-refractivity contribution < 1.29 is 8.42 Å². The maximum absolute atomic E-state index is 13.8. The molecule has 1 aliphatic carbocycles. The van der Waals surface area contributed by atoms with Crippen molar-refractivity contribution in [3.8, 4) is 0 Å². The summed E-state index contributed by atoms with van der Waals surface area (Å²) in [6.45, 7) is 2.43. The van der Waals surface area contributed by atoms with Crippen LogP contribution >= 0.6 is 0 Å². The van der Waals surface area contributed by atoms with Crippen LogP contribution in [-0.2, 0) is 23.1 Å². The zero-order valence-electron chi connectivity index (χ0n) is 19.6. The molecule has 5 nitrogen and oxygen atoms in total. The van der Waals surface area contributed by atoms with E-state index in [4.69, 9.17) is 5.10 Å². The Morgan fingerprint density at radius 3 is 2.34 bits per heavy atom. The first-order chi connectivity index (χ1) is 17.0. The van der Waals surface area contributed by atoms with Crippen molar-refractivity contribution in [2.75, 3.05) is 0 Å². The molecular weight excluding hydrogens is 454 g/mol. The average molecular weight is 482 g/mol. The monoisotopic (exact) mass is 481 g/mol. The third-order valence-electron chi connectivity index (χ3n) is 6.74. The van der Waals surface area contributed by atoms with Crippen LogP contribution in [0.1, 0.15) is 41.3 Å². The van der Waals surface area contributed by atoms with E-state index in [0.29, 0.717) is 10.8 Å². The summed E-state index contributed by atoms with van der Waals surface area (Å²) in [6, 6.07) is 29.4. The van der Waals surface area contributed by atoms with E-state index in [-0.39, 0.29) is 13.1 Å². The molecule has 3 aromatic carbocycles. The summed E-state index contributed by atoms with van der Waals surface area (Å²) in [5.74, 6) is 0.520. The van der Waals surface area contributed by atoms with Crippen LogP contribution in [-0.4, -0.2) is 22.3 Å². The van der Waals surface area contributed by atoms with Gasteiger partial charge in [0.05, 0.1) is 22.7 Å². The second-order valence-electron chi connectivity index (χ2n) is 9.44. The molecule has 6 heteroatoms. The Hall–Kier alpha value is -3.48. The van der Waals surface area contributed by atoms with E-state index in [2.05, 4.69) is 30.3 Å². The lowest BCUT2D eigenvalue weighted by Gasteiger charge is -2.21. The van der Waals surface area contributed by atoms with Gasteiger partial charge in [-0.3, -0.25) is 0 Å². The zero-order chi connectivity index (χ0) is 24.0. The summed E-state index contributed by atoms with van der Waals surface area (Å²) >= 11 is 0. The van der Waals surface area contributed by atoms with E-state index >= 15 is 0 Å². The normalized spacial score (nSPS) is 14.2. The van der Waals surface area contributed by atoms with Crippen LogP contribution in [0.2, 0.25) is 0 Å². The molecule has 1 aliphatic rings. The number of sulfonamides is 1. The van der Waals surface area contributed by atoms with Crippen LogP contribution in [0.15, 0.2) is 95.9 Å². The van der Waals surface area contributed by atoms with E-state index in [9.17, 15) is 8.42 Å². The van der Waals surface area contributed by atoms with E-state index in [1.54, 1.807) is 12.1 Å². The molecular formula is C29H27N3O2S. The summed E-state index contributed by atoms with van der Waals surface area (Å²) in [5.41, 5.74) is 4.96. The fourth-order valence-electron chi connectivity index (χ4n) is 4.70. The molecule has 6 rings (SSSR count). The number of benzene rings is 3. The molecule has 0 radical (unpaired) electrons. The summed E-state index contributed by atoms with van der Waals surface area (Å²) in [5, 5.41) is 7.26. The fourth-order valence-corrected chi connectivity index (χ4v) is 6.09. The predicted molar refractivity (Wildman–Crippen MR) is 139 cm³/mol. The number of aryl methyl sites for hydroxylation is 1. The van der Waals surface area contributed by atoms with Gasteiger partial charge in [0.2, 0.25) is 10.0 Å². The van der Waals surface area contributed by atoms with Crippen LogP contribution in [0.25, 0.3) is 16.3 Å². The Balaban J connectivity index is 1.44. The van der Waals surface area contributed by atoms with Crippen molar-refractivity contribution >= 4 is 26.3 Å². The van der Waals surface area contributed by atoms with Crippen LogP contribution in [0.3, 0.4) is 0 Å². The summed E-state index contributed by atoms with van der Waals surface area (Å²) in [4.78, 5) is 0.298. The quantitative estimate of drug-likeness (QED) is 0.284. The van der Waals surface area contributed by atoms with E-state index in [1.807, 2.05) is 60.0 Å². The molecule has 0 saturated heterocycles. The lowest BCUT2D eigenvalue weighted by molar-refractivity contribution is 0.396. The van der Waals surface area contributed by atoms with Gasteiger partial charge in [0.15, 0.2) is 0 Å². The van der Waals surface area contributed by atoms with Gasteiger partial charge in [-0.15, -0.1) is 0 Å². The number of nitrogens with zero attached hydrogens (tertiary/aromatic N) is 3. The molecule has 1 saturated carbocycles. The van der Waals surface area contributed by atoms with Gasteiger partial charge in [-0.25, -0.2) is 12.9 Å². The van der Waals surface area contributed by atoms with E-state index < -0.39 is 10.0 Å². The van der Waals surface area contributed by atoms with E-state index in [0.717, 1.165) is 27.7 Å². The van der Waals surface area contributed by atoms with Crippen molar-refractivity contribution in [3.05, 3.63) is 114 Å². The molecule has 0 amide bonds. The minimum atomic E-state index is -3.72. The largest absolute Gasteiger partial charge is 0.243 e. The first kappa shape index (κ1) is 22.0. The Morgan fingerprint density at radius 2 is 1.60 bits per heavy atom. The van der Waals surface area contributed by atoms with Gasteiger partial charge < -0.3 is 0 Å². The maximum Gasteiger partial charge on any atom is 0.243 e. The Morgan fingerprint density at radius 1 is 0.886 bits per heavy atom. The van der Waals surface area contributed by atoms with Gasteiger partial charge in [-0.2, -0.15) is 9.40 Å². The molecule has 0 spiro atoms. The summed E-state index contributed by atoms with van der Waals surface area (Å²) in [6.07, 6.45) is 2.34. The molecule has 2 aromatic heterocycles. The second-order valence-corrected chi connectivity index (χ2v) is 11.4. The SMILES string of the molecule is Cc1ccc(S(=O)(=O)N(Cc2ccccc2)Cc2cc3c4ccccc4cc(C4CC4)n3n2)cc1. The minimum absolute atomic E-state index is 0.200. The molecule has 0 N–H and O–H groups in total.